The number of rotatable bonds is 7. The van der Waals surface area contributed by atoms with E-state index in [1.165, 1.54) is 42.5 Å². The largest absolute Gasteiger partial charge is 0.462 e. The summed E-state index contributed by atoms with van der Waals surface area (Å²) in [6.07, 6.45) is 0.996. The van der Waals surface area contributed by atoms with Crippen LogP contribution in [0.15, 0.2) is 42.5 Å². The summed E-state index contributed by atoms with van der Waals surface area (Å²) in [5.74, 6) is -1.14. The third kappa shape index (κ3) is 5.85. The molecule has 0 heterocycles. The van der Waals surface area contributed by atoms with E-state index in [4.69, 9.17) is 27.9 Å². The van der Waals surface area contributed by atoms with E-state index in [0.717, 1.165) is 10.6 Å². The van der Waals surface area contributed by atoms with E-state index in [9.17, 15) is 18.0 Å². The minimum absolute atomic E-state index is 0.122. The number of carbonyl (C=O) groups excluding carboxylic acids is 2. The molecule has 150 valence electrons. The Hall–Kier alpha value is -2.29. The smallest absolute Gasteiger partial charge is 0.338 e. The number of amides is 1. The molecule has 0 bridgehead atoms. The molecule has 0 radical (unpaired) electrons. The van der Waals surface area contributed by atoms with Gasteiger partial charge >= 0.3 is 5.97 Å². The van der Waals surface area contributed by atoms with Crippen LogP contribution < -0.4 is 9.62 Å². The zero-order valence-corrected chi connectivity index (χ0v) is 17.4. The number of hydrogen-bond acceptors (Lipinski definition) is 5. The van der Waals surface area contributed by atoms with Crippen molar-refractivity contribution in [1.82, 2.24) is 0 Å². The second-order valence-corrected chi connectivity index (χ2v) is 8.46. The lowest BCUT2D eigenvalue weighted by Gasteiger charge is -2.22. The van der Waals surface area contributed by atoms with Gasteiger partial charge in [0.05, 0.1) is 34.8 Å². The normalized spacial score (nSPS) is 11.0. The minimum Gasteiger partial charge on any atom is -0.462 e. The van der Waals surface area contributed by atoms with Gasteiger partial charge in [0.15, 0.2) is 0 Å². The first-order valence-electron chi connectivity index (χ1n) is 8.11. The number of anilines is 2. The number of ether oxygens (including phenoxy) is 1. The molecule has 2 aromatic carbocycles. The van der Waals surface area contributed by atoms with E-state index < -0.39 is 28.4 Å². The summed E-state index contributed by atoms with van der Waals surface area (Å²) in [5, 5.41) is 3.10. The zero-order chi connectivity index (χ0) is 20.9. The van der Waals surface area contributed by atoms with E-state index in [0.29, 0.717) is 10.7 Å². The van der Waals surface area contributed by atoms with Crippen molar-refractivity contribution in [3.05, 3.63) is 58.1 Å². The van der Waals surface area contributed by atoms with Crippen LogP contribution in [0.2, 0.25) is 10.0 Å². The number of hydrogen-bond donors (Lipinski definition) is 1. The van der Waals surface area contributed by atoms with Gasteiger partial charge in [-0.25, -0.2) is 13.2 Å². The fourth-order valence-electron chi connectivity index (χ4n) is 2.29. The Morgan fingerprint density at radius 3 is 2.29 bits per heavy atom. The first kappa shape index (κ1) is 22.0. The molecule has 0 aromatic heterocycles. The van der Waals surface area contributed by atoms with E-state index in [1.54, 1.807) is 6.92 Å². The van der Waals surface area contributed by atoms with Crippen molar-refractivity contribution in [1.29, 1.82) is 0 Å². The molecule has 0 saturated carbocycles. The highest BCUT2D eigenvalue weighted by Gasteiger charge is 2.21. The highest BCUT2D eigenvalue weighted by Crippen LogP contribution is 2.24. The lowest BCUT2D eigenvalue weighted by molar-refractivity contribution is -0.114. The van der Waals surface area contributed by atoms with Crippen molar-refractivity contribution in [3.8, 4) is 0 Å². The summed E-state index contributed by atoms with van der Waals surface area (Å²) in [7, 11) is -3.72. The van der Waals surface area contributed by atoms with Crippen LogP contribution in [-0.4, -0.2) is 39.7 Å². The molecule has 1 N–H and O–H groups in total. The van der Waals surface area contributed by atoms with Crippen molar-refractivity contribution in [3.63, 3.8) is 0 Å². The summed E-state index contributed by atoms with van der Waals surface area (Å²) in [6.45, 7) is 1.44. The monoisotopic (exact) mass is 444 g/mol. The lowest BCUT2D eigenvalue weighted by Crippen LogP contribution is -2.37. The minimum atomic E-state index is -3.72. The van der Waals surface area contributed by atoms with Crippen LogP contribution in [-0.2, 0) is 19.6 Å². The summed E-state index contributed by atoms with van der Waals surface area (Å²) >= 11 is 11.9. The molecule has 7 nitrogen and oxygen atoms in total. The van der Waals surface area contributed by atoms with Gasteiger partial charge in [-0.3, -0.25) is 9.10 Å². The van der Waals surface area contributed by atoms with Gasteiger partial charge in [-0.15, -0.1) is 0 Å². The summed E-state index contributed by atoms with van der Waals surface area (Å²) in [5.41, 5.74) is 0.777. The van der Waals surface area contributed by atoms with Gasteiger partial charge in [0, 0.05) is 5.02 Å². The molecule has 28 heavy (non-hydrogen) atoms. The summed E-state index contributed by atoms with van der Waals surface area (Å²) < 4.78 is 30.0. The standard InChI is InChI=1S/C18H18Cl2N2O5S/c1-3-27-18(24)12-4-9-16(15(20)10-12)21-17(23)11-22(28(2,25)26)14-7-5-13(19)6-8-14/h4-10H,3,11H2,1-2H3,(H,21,23). The fourth-order valence-corrected chi connectivity index (χ4v) is 3.50. The van der Waals surface area contributed by atoms with Crippen molar-refractivity contribution in [2.24, 2.45) is 0 Å². The second kappa shape index (κ2) is 9.27. The van der Waals surface area contributed by atoms with Crippen molar-refractivity contribution in [2.75, 3.05) is 29.0 Å². The Balaban J connectivity index is 2.17. The molecule has 0 atom stereocenters. The summed E-state index contributed by atoms with van der Waals surface area (Å²) in [6, 6.07) is 10.3. The average molecular weight is 445 g/mol. The van der Waals surface area contributed by atoms with E-state index in [2.05, 4.69) is 5.32 Å². The molecule has 0 spiro atoms. The molecule has 0 fully saturated rings. The number of benzene rings is 2. The van der Waals surface area contributed by atoms with Crippen molar-refractivity contribution >= 4 is 56.5 Å². The van der Waals surface area contributed by atoms with Gasteiger partial charge in [0.25, 0.3) is 0 Å². The highest BCUT2D eigenvalue weighted by molar-refractivity contribution is 7.92. The molecule has 1 amide bonds. The number of sulfonamides is 1. The van der Waals surface area contributed by atoms with Crippen LogP contribution in [0.3, 0.4) is 0 Å². The fraction of sp³-hybridized carbons (Fsp3) is 0.222. The maximum Gasteiger partial charge on any atom is 0.338 e. The first-order chi connectivity index (χ1) is 13.1. The number of nitrogens with zero attached hydrogens (tertiary/aromatic N) is 1. The quantitative estimate of drug-likeness (QED) is 0.658. The lowest BCUT2D eigenvalue weighted by atomic mass is 10.2. The van der Waals surface area contributed by atoms with Crippen LogP contribution in [0, 0.1) is 0 Å². The Morgan fingerprint density at radius 2 is 1.75 bits per heavy atom. The van der Waals surface area contributed by atoms with Gasteiger partial charge in [-0.1, -0.05) is 23.2 Å². The van der Waals surface area contributed by atoms with Gasteiger partial charge < -0.3 is 10.1 Å². The molecule has 2 rings (SSSR count). The second-order valence-electron chi connectivity index (χ2n) is 5.71. The van der Waals surface area contributed by atoms with Gasteiger partial charge in [-0.2, -0.15) is 0 Å². The van der Waals surface area contributed by atoms with E-state index in [-0.39, 0.29) is 22.9 Å². The molecular weight excluding hydrogens is 427 g/mol. The molecule has 0 aliphatic carbocycles. The van der Waals surface area contributed by atoms with Crippen LogP contribution in [0.25, 0.3) is 0 Å². The van der Waals surface area contributed by atoms with E-state index in [1.807, 2.05) is 0 Å². The molecule has 10 heteroatoms. The maximum absolute atomic E-state index is 12.4. The molecule has 0 aliphatic rings. The number of carbonyl (C=O) groups is 2. The van der Waals surface area contributed by atoms with Crippen LogP contribution in [0.4, 0.5) is 11.4 Å². The Labute approximate surface area is 173 Å². The number of halogens is 2. The Bertz CT molecular complexity index is 978. The number of nitrogens with one attached hydrogen (secondary N) is 1. The number of esters is 1. The van der Waals surface area contributed by atoms with Crippen molar-refractivity contribution in [2.45, 2.75) is 6.92 Å². The summed E-state index contributed by atoms with van der Waals surface area (Å²) in [4.78, 5) is 24.1. The predicted octanol–water partition coefficient (Wildman–Crippen LogP) is 3.57. The molecule has 0 unspecified atom stereocenters. The molecule has 0 aliphatic heterocycles. The SMILES string of the molecule is CCOC(=O)c1ccc(NC(=O)CN(c2ccc(Cl)cc2)S(C)(=O)=O)c(Cl)c1. The van der Waals surface area contributed by atoms with Crippen LogP contribution in [0.5, 0.6) is 0 Å². The topological polar surface area (TPSA) is 92.8 Å². The van der Waals surface area contributed by atoms with Crippen molar-refractivity contribution < 1.29 is 22.7 Å². The maximum atomic E-state index is 12.4. The molecule has 2 aromatic rings. The molecular formula is C18H18Cl2N2O5S. The first-order valence-corrected chi connectivity index (χ1v) is 10.7. The van der Waals surface area contributed by atoms with Gasteiger partial charge in [0.1, 0.15) is 6.54 Å². The predicted molar refractivity (Wildman–Crippen MR) is 110 cm³/mol. The van der Waals surface area contributed by atoms with Crippen LogP contribution >= 0.6 is 23.2 Å². The zero-order valence-electron chi connectivity index (χ0n) is 15.1. The van der Waals surface area contributed by atoms with Gasteiger partial charge in [0.2, 0.25) is 15.9 Å². The Kier molecular flexibility index (Phi) is 7.29. The van der Waals surface area contributed by atoms with Gasteiger partial charge in [-0.05, 0) is 49.4 Å². The third-order valence-electron chi connectivity index (χ3n) is 3.56. The highest BCUT2D eigenvalue weighted by atomic mass is 35.5. The Morgan fingerprint density at radius 1 is 1.11 bits per heavy atom. The van der Waals surface area contributed by atoms with Crippen LogP contribution in [0.1, 0.15) is 17.3 Å². The van der Waals surface area contributed by atoms with E-state index >= 15 is 0 Å². The third-order valence-corrected chi connectivity index (χ3v) is 5.26. The average Bonchev–Trinajstić information content (AvgIpc) is 2.61. The molecule has 0 saturated heterocycles.